The van der Waals surface area contributed by atoms with E-state index in [1.165, 1.54) is 257 Å². The summed E-state index contributed by atoms with van der Waals surface area (Å²) in [4.78, 5) is 24.6. The standard InChI is InChI=1S/C68H129NO5/c1-3-5-7-9-11-13-15-17-19-21-22-23-24-26-29-32-36-40-44-48-52-56-60-66(71)65(64-70)69-67(72)61-57-53-49-45-41-37-33-30-27-25-28-31-35-39-43-47-51-55-59-63-74-68(73)62-58-54-50-46-42-38-34-20-18-16-14-12-10-8-6-4-2/h31,35,39,43,56,60,65-66,70-71H,3-30,32-34,36-38,40-42,44-55,57-59,61-64H2,1-2H3,(H,69,72)/b35-31-,43-39-,60-56+. The molecule has 0 aliphatic heterocycles. The van der Waals surface area contributed by atoms with Crippen molar-refractivity contribution in [3.63, 3.8) is 0 Å². The highest BCUT2D eigenvalue weighted by molar-refractivity contribution is 5.76. The normalized spacial score (nSPS) is 12.8. The molecule has 436 valence electrons. The third-order valence-electron chi connectivity index (χ3n) is 15.4. The highest BCUT2D eigenvalue weighted by Gasteiger charge is 2.18. The number of hydrogen-bond acceptors (Lipinski definition) is 5. The van der Waals surface area contributed by atoms with Gasteiger partial charge in [0.2, 0.25) is 5.91 Å². The molecule has 0 saturated carbocycles. The summed E-state index contributed by atoms with van der Waals surface area (Å²) < 4.78 is 5.47. The van der Waals surface area contributed by atoms with Gasteiger partial charge in [-0.05, 0) is 64.2 Å². The minimum atomic E-state index is -0.853. The summed E-state index contributed by atoms with van der Waals surface area (Å²) in [5.74, 6) is -0.0848. The van der Waals surface area contributed by atoms with Gasteiger partial charge in [0.25, 0.3) is 0 Å². The molecule has 3 N–H and O–H groups in total. The first-order valence-corrected chi connectivity index (χ1v) is 33.3. The third-order valence-corrected chi connectivity index (χ3v) is 15.4. The number of ether oxygens (including phenoxy) is 1. The molecule has 0 fully saturated rings. The highest BCUT2D eigenvalue weighted by atomic mass is 16.5. The number of hydrogen-bond donors (Lipinski definition) is 3. The van der Waals surface area contributed by atoms with E-state index in [-0.39, 0.29) is 18.5 Å². The SMILES string of the molecule is CCCCCCCCCCCCCCCCCCCCCC/C=C/C(O)C(CO)NC(=O)CCCCCCCCCCCC/C=C\C=C/CCCCCOC(=O)CCCCCCCCCCCCCCCCCC. The Morgan fingerprint density at radius 3 is 1.00 bits per heavy atom. The van der Waals surface area contributed by atoms with Crippen LogP contribution in [-0.4, -0.2) is 47.4 Å². The summed E-state index contributed by atoms with van der Waals surface area (Å²) in [5, 5.41) is 23.2. The van der Waals surface area contributed by atoms with Gasteiger partial charge in [0.05, 0.1) is 25.4 Å². The van der Waals surface area contributed by atoms with Crippen LogP contribution < -0.4 is 5.32 Å². The first-order valence-electron chi connectivity index (χ1n) is 33.3. The predicted molar refractivity (Wildman–Crippen MR) is 324 cm³/mol. The van der Waals surface area contributed by atoms with Gasteiger partial charge in [-0.3, -0.25) is 9.59 Å². The van der Waals surface area contributed by atoms with E-state index in [0.717, 1.165) is 77.0 Å². The molecule has 0 spiro atoms. The maximum absolute atomic E-state index is 12.5. The van der Waals surface area contributed by atoms with Crippen molar-refractivity contribution < 1.29 is 24.5 Å². The number of allylic oxidation sites excluding steroid dienone is 5. The molecule has 74 heavy (non-hydrogen) atoms. The molecule has 1 amide bonds. The molecule has 0 heterocycles. The Hall–Kier alpha value is -1.92. The minimum Gasteiger partial charge on any atom is -0.466 e. The van der Waals surface area contributed by atoms with Crippen LogP contribution in [0, 0.1) is 0 Å². The van der Waals surface area contributed by atoms with Crippen molar-refractivity contribution in [2.24, 2.45) is 0 Å². The van der Waals surface area contributed by atoms with Crippen LogP contribution in [0.5, 0.6) is 0 Å². The fraction of sp³-hybridized carbons (Fsp3) is 0.882. The lowest BCUT2D eigenvalue weighted by Gasteiger charge is -2.20. The van der Waals surface area contributed by atoms with Crippen molar-refractivity contribution in [2.45, 2.75) is 373 Å². The maximum Gasteiger partial charge on any atom is 0.305 e. The lowest BCUT2D eigenvalue weighted by atomic mass is 10.0. The van der Waals surface area contributed by atoms with Crippen LogP contribution in [0.2, 0.25) is 0 Å². The molecule has 2 unspecified atom stereocenters. The second-order valence-corrected chi connectivity index (χ2v) is 22.8. The molecule has 6 heteroatoms. The number of nitrogens with one attached hydrogen (secondary N) is 1. The van der Waals surface area contributed by atoms with E-state index in [4.69, 9.17) is 4.74 Å². The third kappa shape index (κ3) is 59.3. The molecule has 0 aliphatic rings. The van der Waals surface area contributed by atoms with Crippen LogP contribution in [0.15, 0.2) is 36.5 Å². The maximum atomic E-state index is 12.5. The quantitative estimate of drug-likeness (QED) is 0.0244. The average molecular weight is 1040 g/mol. The van der Waals surface area contributed by atoms with E-state index >= 15 is 0 Å². The van der Waals surface area contributed by atoms with E-state index in [0.29, 0.717) is 19.4 Å². The Kier molecular flexibility index (Phi) is 62.0. The number of carbonyl (C=O) groups excluding carboxylic acids is 2. The number of aliphatic hydroxyl groups excluding tert-OH is 2. The zero-order chi connectivity index (χ0) is 53.6. The van der Waals surface area contributed by atoms with Gasteiger partial charge in [0.15, 0.2) is 0 Å². The zero-order valence-electron chi connectivity index (χ0n) is 49.8. The van der Waals surface area contributed by atoms with Gasteiger partial charge in [-0.1, -0.05) is 320 Å². The van der Waals surface area contributed by atoms with Crippen molar-refractivity contribution in [1.82, 2.24) is 5.32 Å². The summed E-state index contributed by atoms with van der Waals surface area (Å²) in [6.07, 6.45) is 80.6. The Morgan fingerprint density at radius 1 is 0.378 bits per heavy atom. The Morgan fingerprint density at radius 2 is 0.662 bits per heavy atom. The van der Waals surface area contributed by atoms with Crippen molar-refractivity contribution in [3.05, 3.63) is 36.5 Å². The monoisotopic (exact) mass is 1040 g/mol. The summed E-state index contributed by atoms with van der Waals surface area (Å²) in [7, 11) is 0. The van der Waals surface area contributed by atoms with Crippen molar-refractivity contribution in [3.8, 4) is 0 Å². The van der Waals surface area contributed by atoms with Gasteiger partial charge in [-0.25, -0.2) is 0 Å². The second kappa shape index (κ2) is 63.6. The van der Waals surface area contributed by atoms with Crippen LogP contribution in [0.3, 0.4) is 0 Å². The topological polar surface area (TPSA) is 95.9 Å². The Balaban J connectivity index is 3.49. The summed E-state index contributed by atoms with van der Waals surface area (Å²) in [6.45, 7) is 4.90. The van der Waals surface area contributed by atoms with Crippen molar-refractivity contribution in [1.29, 1.82) is 0 Å². The molecule has 0 aromatic heterocycles. The van der Waals surface area contributed by atoms with Gasteiger partial charge in [0, 0.05) is 12.8 Å². The lowest BCUT2D eigenvalue weighted by Crippen LogP contribution is -2.45. The summed E-state index contributed by atoms with van der Waals surface area (Å²) >= 11 is 0. The molecule has 0 aromatic rings. The van der Waals surface area contributed by atoms with E-state index in [1.807, 2.05) is 6.08 Å². The molecule has 0 radical (unpaired) electrons. The number of amides is 1. The summed E-state index contributed by atoms with van der Waals surface area (Å²) in [5.41, 5.74) is 0. The predicted octanol–water partition coefficient (Wildman–Crippen LogP) is 21.1. The number of carbonyl (C=O) groups is 2. The molecule has 0 aliphatic carbocycles. The van der Waals surface area contributed by atoms with E-state index in [2.05, 4.69) is 43.5 Å². The first-order chi connectivity index (χ1) is 36.5. The Labute approximate surface area is 462 Å². The first kappa shape index (κ1) is 72.1. The number of esters is 1. The van der Waals surface area contributed by atoms with E-state index in [1.54, 1.807) is 6.08 Å². The fourth-order valence-electron chi connectivity index (χ4n) is 10.3. The molecule has 0 rings (SSSR count). The van der Waals surface area contributed by atoms with Crippen molar-refractivity contribution >= 4 is 11.9 Å². The number of unbranched alkanes of at least 4 members (excludes halogenated alkanes) is 48. The molecular weight excluding hydrogens is 911 g/mol. The van der Waals surface area contributed by atoms with E-state index in [9.17, 15) is 19.8 Å². The summed E-state index contributed by atoms with van der Waals surface area (Å²) in [6, 6.07) is -0.637. The largest absolute Gasteiger partial charge is 0.466 e. The van der Waals surface area contributed by atoms with Crippen LogP contribution in [0.25, 0.3) is 0 Å². The highest BCUT2D eigenvalue weighted by Crippen LogP contribution is 2.18. The smallest absolute Gasteiger partial charge is 0.305 e. The fourth-order valence-corrected chi connectivity index (χ4v) is 10.3. The van der Waals surface area contributed by atoms with Crippen LogP contribution in [0.4, 0.5) is 0 Å². The second-order valence-electron chi connectivity index (χ2n) is 22.8. The molecule has 6 nitrogen and oxygen atoms in total. The molecule has 0 saturated heterocycles. The van der Waals surface area contributed by atoms with E-state index < -0.39 is 12.1 Å². The van der Waals surface area contributed by atoms with Gasteiger partial charge < -0.3 is 20.3 Å². The van der Waals surface area contributed by atoms with Crippen molar-refractivity contribution in [2.75, 3.05) is 13.2 Å². The molecular formula is C68H129NO5. The Bertz CT molecular complexity index is 1200. The van der Waals surface area contributed by atoms with Gasteiger partial charge in [-0.2, -0.15) is 0 Å². The van der Waals surface area contributed by atoms with Gasteiger partial charge in [-0.15, -0.1) is 0 Å². The van der Waals surface area contributed by atoms with Gasteiger partial charge in [0.1, 0.15) is 0 Å². The zero-order valence-corrected chi connectivity index (χ0v) is 49.8. The average Bonchev–Trinajstić information content (AvgIpc) is 3.40. The van der Waals surface area contributed by atoms with Crippen LogP contribution >= 0.6 is 0 Å². The molecule has 0 bridgehead atoms. The number of rotatable bonds is 62. The lowest BCUT2D eigenvalue weighted by molar-refractivity contribution is -0.143. The van der Waals surface area contributed by atoms with Crippen LogP contribution in [0.1, 0.15) is 361 Å². The number of aliphatic hydroxyl groups is 2. The molecule has 0 aromatic carbocycles. The minimum absolute atomic E-state index is 0.0102. The van der Waals surface area contributed by atoms with Crippen LogP contribution in [-0.2, 0) is 14.3 Å². The van der Waals surface area contributed by atoms with Gasteiger partial charge >= 0.3 is 5.97 Å². The molecule has 2 atom stereocenters.